The van der Waals surface area contributed by atoms with Crippen molar-refractivity contribution in [3.05, 3.63) is 75.3 Å². The number of rotatable bonds is 5. The molecule has 0 saturated carbocycles. The molecule has 0 saturated heterocycles. The molecule has 3 aromatic rings. The fraction of sp³-hybridized carbons (Fsp3) is 0.200. The summed E-state index contributed by atoms with van der Waals surface area (Å²) in [5.74, 6) is 0.949. The quantitative estimate of drug-likeness (QED) is 0.496. The Hall–Kier alpha value is -2.02. The number of carbonyl (C=O) groups is 1. The lowest BCUT2D eigenvalue weighted by Crippen LogP contribution is -2.28. The zero-order valence-corrected chi connectivity index (χ0v) is 17.0. The lowest BCUT2D eigenvalue weighted by molar-refractivity contribution is -0.130. The summed E-state index contributed by atoms with van der Waals surface area (Å²) in [6, 6.07) is 13.3. The van der Waals surface area contributed by atoms with E-state index >= 15 is 0 Å². The zero-order valence-electron chi connectivity index (χ0n) is 14.6. The third-order valence-corrected chi connectivity index (χ3v) is 6.68. The fourth-order valence-corrected chi connectivity index (χ4v) is 4.85. The van der Waals surface area contributed by atoms with E-state index in [0.717, 1.165) is 26.8 Å². The molecule has 0 bridgehead atoms. The first-order chi connectivity index (χ1) is 13.1. The van der Waals surface area contributed by atoms with Crippen molar-refractivity contribution in [1.82, 2.24) is 5.01 Å². The maximum absolute atomic E-state index is 13.0. The van der Waals surface area contributed by atoms with Crippen molar-refractivity contribution in [3.8, 4) is 0 Å². The van der Waals surface area contributed by atoms with E-state index in [2.05, 4.69) is 5.10 Å². The third kappa shape index (κ3) is 3.98. The van der Waals surface area contributed by atoms with Gasteiger partial charge in [0.05, 0.1) is 27.6 Å². The van der Waals surface area contributed by atoms with Crippen molar-refractivity contribution in [1.29, 1.82) is 0 Å². The first-order valence-corrected chi connectivity index (χ1v) is 10.7. The van der Waals surface area contributed by atoms with E-state index in [4.69, 9.17) is 16.0 Å². The number of benzene rings is 1. The van der Waals surface area contributed by atoms with Crippen LogP contribution in [0.4, 0.5) is 0 Å². The van der Waals surface area contributed by atoms with Crippen LogP contribution in [-0.4, -0.2) is 22.4 Å². The summed E-state index contributed by atoms with van der Waals surface area (Å²) in [4.78, 5) is 14.9. The van der Waals surface area contributed by atoms with Gasteiger partial charge in [0.1, 0.15) is 11.8 Å². The van der Waals surface area contributed by atoms with Crippen LogP contribution in [0.2, 0.25) is 5.02 Å². The summed E-state index contributed by atoms with van der Waals surface area (Å²) in [5, 5.41) is 8.86. The molecule has 1 amide bonds. The molecule has 3 heterocycles. The molecular formula is C20H17ClN2O2S2. The third-order valence-electron chi connectivity index (χ3n) is 4.28. The zero-order chi connectivity index (χ0) is 18.8. The van der Waals surface area contributed by atoms with Crippen molar-refractivity contribution in [3.63, 3.8) is 0 Å². The van der Waals surface area contributed by atoms with Crippen LogP contribution >= 0.6 is 34.7 Å². The van der Waals surface area contributed by atoms with Gasteiger partial charge >= 0.3 is 0 Å². The van der Waals surface area contributed by atoms with Gasteiger partial charge in [0, 0.05) is 11.3 Å². The van der Waals surface area contributed by atoms with Gasteiger partial charge in [-0.1, -0.05) is 23.7 Å². The smallest absolute Gasteiger partial charge is 0.253 e. The SMILES string of the molecule is Cc1ccc(Cl)c(SCC(=O)N2N=C(c3cccs3)CC2c2ccco2)c1. The Balaban J connectivity index is 1.54. The molecule has 4 rings (SSSR count). The van der Waals surface area contributed by atoms with Gasteiger partial charge in [-0.05, 0) is 48.2 Å². The van der Waals surface area contributed by atoms with Crippen LogP contribution < -0.4 is 0 Å². The van der Waals surface area contributed by atoms with Crippen LogP contribution in [0.3, 0.4) is 0 Å². The van der Waals surface area contributed by atoms with Crippen LogP contribution in [0.1, 0.15) is 28.7 Å². The van der Waals surface area contributed by atoms with Crippen molar-refractivity contribution in [2.45, 2.75) is 24.3 Å². The van der Waals surface area contributed by atoms with Gasteiger partial charge in [-0.25, -0.2) is 5.01 Å². The van der Waals surface area contributed by atoms with E-state index in [1.807, 2.05) is 54.8 Å². The Morgan fingerprint density at radius 3 is 3.00 bits per heavy atom. The van der Waals surface area contributed by atoms with Gasteiger partial charge in [0.25, 0.3) is 5.91 Å². The lowest BCUT2D eigenvalue weighted by atomic mass is 10.1. The molecule has 0 aliphatic carbocycles. The summed E-state index contributed by atoms with van der Waals surface area (Å²) in [7, 11) is 0. The van der Waals surface area contributed by atoms with Gasteiger partial charge in [-0.3, -0.25) is 4.79 Å². The Labute approximate surface area is 170 Å². The molecule has 1 aliphatic heterocycles. The van der Waals surface area contributed by atoms with Crippen LogP contribution in [0.5, 0.6) is 0 Å². The molecule has 0 spiro atoms. The molecule has 0 N–H and O–H groups in total. The second-order valence-corrected chi connectivity index (χ2v) is 8.59. The maximum Gasteiger partial charge on any atom is 0.253 e. The molecule has 27 heavy (non-hydrogen) atoms. The topological polar surface area (TPSA) is 45.8 Å². The number of thioether (sulfide) groups is 1. The minimum absolute atomic E-state index is 0.0643. The first kappa shape index (κ1) is 18.3. The monoisotopic (exact) mass is 416 g/mol. The highest BCUT2D eigenvalue weighted by Crippen LogP contribution is 2.35. The standard InChI is InChI=1S/C20H17ClN2O2S2/c1-13-6-7-14(21)19(10-13)27-12-20(24)23-16(17-4-2-8-25-17)11-15(22-23)18-5-3-9-26-18/h2-10,16H,11-12H2,1H3. The van der Waals surface area contributed by atoms with E-state index in [1.54, 1.807) is 22.6 Å². The van der Waals surface area contributed by atoms with Crippen LogP contribution in [0, 0.1) is 6.92 Å². The van der Waals surface area contributed by atoms with Gasteiger partial charge in [-0.15, -0.1) is 23.1 Å². The van der Waals surface area contributed by atoms with Crippen LogP contribution in [-0.2, 0) is 4.79 Å². The number of hydrazone groups is 1. The van der Waals surface area contributed by atoms with E-state index in [9.17, 15) is 4.79 Å². The number of amides is 1. The molecule has 1 aliphatic rings. The largest absolute Gasteiger partial charge is 0.467 e. The van der Waals surface area contributed by atoms with Crippen molar-refractivity contribution >= 4 is 46.3 Å². The molecule has 0 fully saturated rings. The summed E-state index contributed by atoms with van der Waals surface area (Å²) in [6.07, 6.45) is 2.28. The number of furan rings is 1. The van der Waals surface area contributed by atoms with Gasteiger partial charge in [0.15, 0.2) is 0 Å². The minimum atomic E-state index is -0.210. The summed E-state index contributed by atoms with van der Waals surface area (Å²) >= 11 is 9.31. The molecule has 1 aromatic carbocycles. The van der Waals surface area contributed by atoms with E-state index in [1.165, 1.54) is 11.8 Å². The van der Waals surface area contributed by atoms with Crippen molar-refractivity contribution in [2.24, 2.45) is 5.10 Å². The number of halogens is 1. The van der Waals surface area contributed by atoms with Crippen molar-refractivity contribution in [2.75, 3.05) is 5.75 Å². The molecule has 1 atom stereocenters. The molecule has 138 valence electrons. The van der Waals surface area contributed by atoms with Crippen LogP contribution in [0.15, 0.2) is 68.5 Å². The van der Waals surface area contributed by atoms with Crippen molar-refractivity contribution < 1.29 is 9.21 Å². The average molecular weight is 417 g/mol. The Morgan fingerprint density at radius 1 is 1.37 bits per heavy atom. The van der Waals surface area contributed by atoms with E-state index in [0.29, 0.717) is 11.4 Å². The number of aryl methyl sites for hydroxylation is 1. The Kier molecular flexibility index (Phi) is 5.38. The number of carbonyl (C=O) groups excluding carboxylic acids is 1. The number of hydrogen-bond donors (Lipinski definition) is 0. The second-order valence-electron chi connectivity index (χ2n) is 6.22. The number of thiophene rings is 1. The van der Waals surface area contributed by atoms with E-state index in [-0.39, 0.29) is 17.7 Å². The molecule has 1 unspecified atom stereocenters. The maximum atomic E-state index is 13.0. The van der Waals surface area contributed by atoms with Gasteiger partial charge in [-0.2, -0.15) is 5.10 Å². The highest BCUT2D eigenvalue weighted by Gasteiger charge is 2.35. The highest BCUT2D eigenvalue weighted by atomic mass is 35.5. The first-order valence-electron chi connectivity index (χ1n) is 8.47. The Morgan fingerprint density at radius 2 is 2.26 bits per heavy atom. The molecule has 2 aromatic heterocycles. The predicted molar refractivity (Wildman–Crippen MR) is 111 cm³/mol. The van der Waals surface area contributed by atoms with Gasteiger partial charge < -0.3 is 4.42 Å². The molecule has 0 radical (unpaired) electrons. The second kappa shape index (κ2) is 7.92. The molecular weight excluding hydrogens is 400 g/mol. The number of hydrogen-bond acceptors (Lipinski definition) is 5. The summed E-state index contributed by atoms with van der Waals surface area (Å²) in [5.41, 5.74) is 2.03. The normalized spacial score (nSPS) is 16.6. The minimum Gasteiger partial charge on any atom is -0.467 e. The average Bonchev–Trinajstić information content (AvgIpc) is 3.40. The fourth-order valence-electron chi connectivity index (χ4n) is 2.96. The summed E-state index contributed by atoms with van der Waals surface area (Å²) in [6.45, 7) is 2.01. The highest BCUT2D eigenvalue weighted by molar-refractivity contribution is 8.00. The Bertz CT molecular complexity index is 968. The predicted octanol–water partition coefficient (Wildman–Crippen LogP) is 5.77. The number of nitrogens with zero attached hydrogens (tertiary/aromatic N) is 2. The molecule has 4 nitrogen and oxygen atoms in total. The molecule has 7 heteroatoms. The van der Waals surface area contributed by atoms with E-state index < -0.39 is 0 Å². The summed E-state index contributed by atoms with van der Waals surface area (Å²) < 4.78 is 5.57. The van der Waals surface area contributed by atoms with Crippen LogP contribution in [0.25, 0.3) is 0 Å². The van der Waals surface area contributed by atoms with Gasteiger partial charge in [0.2, 0.25) is 0 Å². The lowest BCUT2D eigenvalue weighted by Gasteiger charge is -2.19.